The Balaban J connectivity index is 2.34. The molecule has 0 radical (unpaired) electrons. The molecule has 0 aliphatic carbocycles. The first-order valence-corrected chi connectivity index (χ1v) is 4.01. The number of rotatable bonds is 1. The smallest absolute Gasteiger partial charge is 0.129 e. The molecule has 1 aliphatic rings. The fourth-order valence-electron chi connectivity index (χ4n) is 1.04. The molecule has 0 bridgehead atoms. The summed E-state index contributed by atoms with van der Waals surface area (Å²) in [6.07, 6.45) is 0. The Morgan fingerprint density at radius 2 is 2.38 bits per heavy atom. The molecule has 4 nitrogen and oxygen atoms in total. The molecule has 2 rings (SSSR count). The highest BCUT2D eigenvalue weighted by atomic mass is 35.5. The predicted molar refractivity (Wildman–Crippen MR) is 46.7 cm³/mol. The molecule has 0 amide bonds. The average molecular weight is 201 g/mol. The summed E-state index contributed by atoms with van der Waals surface area (Å²) < 4.78 is 12.7. The lowest BCUT2D eigenvalue weighted by Gasteiger charge is -2.11. The topological polar surface area (TPSA) is 40.0 Å². The van der Waals surface area contributed by atoms with Crippen LogP contribution in [0.15, 0.2) is 28.6 Å². The molecule has 0 saturated carbocycles. The van der Waals surface area contributed by atoms with Crippen LogP contribution in [0.3, 0.4) is 0 Å². The van der Waals surface area contributed by atoms with Crippen LogP contribution in [0.25, 0.3) is 0 Å². The van der Waals surface area contributed by atoms with Gasteiger partial charge in [-0.25, -0.2) is 9.40 Å². The van der Waals surface area contributed by atoms with Crippen molar-refractivity contribution >= 4 is 17.3 Å². The van der Waals surface area contributed by atoms with E-state index in [2.05, 4.69) is 15.9 Å². The quantitative estimate of drug-likeness (QED) is 0.755. The highest BCUT2D eigenvalue weighted by molar-refractivity contribution is 6.33. The van der Waals surface area contributed by atoms with E-state index in [1.807, 2.05) is 0 Å². The minimum Gasteiger partial charge on any atom is -0.269 e. The van der Waals surface area contributed by atoms with Crippen molar-refractivity contribution in [1.29, 1.82) is 0 Å². The SMILES string of the molecule is Fc1ccc(N2CNN=N2)c(Cl)c1. The Morgan fingerprint density at radius 1 is 1.54 bits per heavy atom. The molecule has 0 atom stereocenters. The normalized spacial score (nSPS) is 14.8. The summed E-state index contributed by atoms with van der Waals surface area (Å²) in [5.41, 5.74) is 3.28. The highest BCUT2D eigenvalue weighted by Crippen LogP contribution is 2.27. The van der Waals surface area contributed by atoms with E-state index >= 15 is 0 Å². The van der Waals surface area contributed by atoms with E-state index in [1.165, 1.54) is 12.1 Å². The zero-order chi connectivity index (χ0) is 9.26. The molecule has 68 valence electrons. The standard InChI is InChI=1S/C7H6ClFN4/c8-6-3-5(9)1-2-7(6)13-4-10-11-12-13/h1-3H,4H2,(H,10,12). The molecule has 0 unspecified atom stereocenters. The summed E-state index contributed by atoms with van der Waals surface area (Å²) in [5, 5.41) is 9.16. The van der Waals surface area contributed by atoms with Crippen LogP contribution in [0.2, 0.25) is 5.02 Å². The van der Waals surface area contributed by atoms with Gasteiger partial charge in [-0.2, -0.15) is 0 Å². The number of benzene rings is 1. The van der Waals surface area contributed by atoms with Crippen LogP contribution in [0, 0.1) is 5.82 Å². The largest absolute Gasteiger partial charge is 0.269 e. The first-order chi connectivity index (χ1) is 6.27. The third-order valence-corrected chi connectivity index (χ3v) is 1.93. The fourth-order valence-corrected chi connectivity index (χ4v) is 1.30. The fraction of sp³-hybridized carbons (Fsp3) is 0.143. The van der Waals surface area contributed by atoms with Crippen molar-refractivity contribution < 1.29 is 4.39 Å². The molecule has 1 aliphatic heterocycles. The number of hydrogen-bond acceptors (Lipinski definition) is 4. The van der Waals surface area contributed by atoms with Crippen molar-refractivity contribution in [1.82, 2.24) is 5.43 Å². The van der Waals surface area contributed by atoms with E-state index in [4.69, 9.17) is 11.6 Å². The molecule has 1 heterocycles. The zero-order valence-electron chi connectivity index (χ0n) is 6.54. The second kappa shape index (κ2) is 3.18. The number of hydrogen-bond donors (Lipinski definition) is 1. The van der Waals surface area contributed by atoms with Crippen molar-refractivity contribution in [2.45, 2.75) is 0 Å². The van der Waals surface area contributed by atoms with Crippen molar-refractivity contribution in [3.8, 4) is 0 Å². The van der Waals surface area contributed by atoms with E-state index in [0.717, 1.165) is 0 Å². The molecule has 13 heavy (non-hydrogen) atoms. The van der Waals surface area contributed by atoms with Crippen molar-refractivity contribution in [2.75, 3.05) is 11.7 Å². The summed E-state index contributed by atoms with van der Waals surface area (Å²) in [7, 11) is 0. The summed E-state index contributed by atoms with van der Waals surface area (Å²) in [6, 6.07) is 4.13. The van der Waals surface area contributed by atoms with Gasteiger partial charge in [0.05, 0.1) is 10.7 Å². The predicted octanol–water partition coefficient (Wildman–Crippen LogP) is 2.13. The minimum absolute atomic E-state index is 0.322. The van der Waals surface area contributed by atoms with Gasteiger partial charge in [0, 0.05) is 0 Å². The van der Waals surface area contributed by atoms with Crippen molar-refractivity contribution in [2.24, 2.45) is 10.4 Å². The average Bonchev–Trinajstić information content (AvgIpc) is 2.56. The van der Waals surface area contributed by atoms with Gasteiger partial charge in [0.2, 0.25) is 0 Å². The third kappa shape index (κ3) is 1.55. The first kappa shape index (κ1) is 8.25. The van der Waals surface area contributed by atoms with Gasteiger partial charge in [-0.15, -0.1) is 0 Å². The molecule has 0 aromatic heterocycles. The van der Waals surface area contributed by atoms with Gasteiger partial charge < -0.3 is 0 Å². The maximum absolute atomic E-state index is 12.7. The van der Waals surface area contributed by atoms with Gasteiger partial charge in [0.1, 0.15) is 12.5 Å². The van der Waals surface area contributed by atoms with Crippen LogP contribution < -0.4 is 10.4 Å². The monoisotopic (exact) mass is 200 g/mol. The lowest BCUT2D eigenvalue weighted by Crippen LogP contribution is -2.19. The molecule has 0 fully saturated rings. The number of halogens is 2. The Morgan fingerprint density at radius 3 is 3.00 bits per heavy atom. The molecular formula is C7H6ClFN4. The van der Waals surface area contributed by atoms with Crippen molar-refractivity contribution in [3.63, 3.8) is 0 Å². The second-order valence-corrected chi connectivity index (χ2v) is 2.91. The summed E-state index contributed by atoms with van der Waals surface area (Å²) in [6.45, 7) is 0.450. The number of nitrogens with zero attached hydrogens (tertiary/aromatic N) is 3. The molecule has 1 N–H and O–H groups in total. The Hall–Kier alpha value is -1.36. The van der Waals surface area contributed by atoms with Crippen LogP contribution >= 0.6 is 11.6 Å². The van der Waals surface area contributed by atoms with Crippen molar-refractivity contribution in [3.05, 3.63) is 29.0 Å². The Bertz CT molecular complexity index is 354. The van der Waals surface area contributed by atoms with Gasteiger partial charge in [0.25, 0.3) is 0 Å². The van der Waals surface area contributed by atoms with Gasteiger partial charge in [0.15, 0.2) is 0 Å². The summed E-state index contributed by atoms with van der Waals surface area (Å²) in [4.78, 5) is 0. The van der Waals surface area contributed by atoms with Crippen LogP contribution in [0.1, 0.15) is 0 Å². The molecule has 1 aromatic rings. The number of nitrogens with one attached hydrogen (secondary N) is 1. The molecular weight excluding hydrogens is 195 g/mol. The lowest BCUT2D eigenvalue weighted by molar-refractivity contribution is 0.627. The highest BCUT2D eigenvalue weighted by Gasteiger charge is 2.12. The molecule has 1 aromatic carbocycles. The maximum Gasteiger partial charge on any atom is 0.129 e. The van der Waals surface area contributed by atoms with E-state index in [0.29, 0.717) is 17.4 Å². The van der Waals surface area contributed by atoms with Crippen LogP contribution in [0.5, 0.6) is 0 Å². The molecule has 6 heteroatoms. The summed E-state index contributed by atoms with van der Waals surface area (Å²) in [5.74, 6) is -0.363. The van der Waals surface area contributed by atoms with E-state index in [1.54, 1.807) is 11.1 Å². The van der Waals surface area contributed by atoms with E-state index in [9.17, 15) is 4.39 Å². The Labute approximate surface area is 79.0 Å². The molecule has 0 saturated heterocycles. The van der Waals surface area contributed by atoms with Crippen LogP contribution in [-0.4, -0.2) is 6.67 Å². The second-order valence-electron chi connectivity index (χ2n) is 2.50. The first-order valence-electron chi connectivity index (χ1n) is 3.63. The maximum atomic E-state index is 12.7. The van der Waals surface area contributed by atoms with E-state index in [-0.39, 0.29) is 5.82 Å². The number of anilines is 1. The minimum atomic E-state index is -0.363. The zero-order valence-corrected chi connectivity index (χ0v) is 7.29. The Kier molecular flexibility index (Phi) is 2.02. The van der Waals surface area contributed by atoms with Crippen LogP contribution in [0.4, 0.5) is 10.1 Å². The van der Waals surface area contributed by atoms with Gasteiger partial charge in [-0.3, -0.25) is 5.43 Å². The van der Waals surface area contributed by atoms with Gasteiger partial charge in [-0.1, -0.05) is 16.8 Å². The third-order valence-electron chi connectivity index (χ3n) is 1.63. The molecule has 0 spiro atoms. The van der Waals surface area contributed by atoms with E-state index < -0.39 is 0 Å². The van der Waals surface area contributed by atoms with Gasteiger partial charge in [-0.05, 0) is 23.4 Å². The van der Waals surface area contributed by atoms with Crippen LogP contribution in [-0.2, 0) is 0 Å². The van der Waals surface area contributed by atoms with Gasteiger partial charge >= 0.3 is 0 Å². The lowest BCUT2D eigenvalue weighted by atomic mass is 10.3. The summed E-state index contributed by atoms with van der Waals surface area (Å²) >= 11 is 5.80.